The fourth-order valence-electron chi connectivity index (χ4n) is 4.96. The number of anilines is 1. The fraction of sp³-hybridized carbons (Fsp3) is 0.250. The molecule has 4 aromatic rings. The summed E-state index contributed by atoms with van der Waals surface area (Å²) >= 11 is 5.93. The van der Waals surface area contributed by atoms with Gasteiger partial charge in [-0.25, -0.2) is 0 Å². The molecule has 1 N–H and O–H groups in total. The van der Waals surface area contributed by atoms with Gasteiger partial charge in [0.2, 0.25) is 0 Å². The molecule has 3 aromatic heterocycles. The molecule has 1 aliphatic heterocycles. The Morgan fingerprint density at radius 2 is 1.78 bits per heavy atom. The van der Waals surface area contributed by atoms with Gasteiger partial charge in [-0.3, -0.25) is 9.97 Å². The number of pyridine rings is 2. The lowest BCUT2D eigenvalue weighted by Crippen LogP contribution is -2.30. The largest absolute Gasteiger partial charge is 0.497 e. The van der Waals surface area contributed by atoms with Gasteiger partial charge in [-0.2, -0.15) is 0 Å². The highest BCUT2D eigenvalue weighted by Gasteiger charge is 2.43. The third-order valence-corrected chi connectivity index (χ3v) is 7.08. The van der Waals surface area contributed by atoms with Crippen molar-refractivity contribution in [2.45, 2.75) is 32.5 Å². The molecule has 1 aromatic carbocycles. The molecule has 0 radical (unpaired) electrons. The van der Waals surface area contributed by atoms with Gasteiger partial charge in [-0.1, -0.05) is 6.07 Å². The van der Waals surface area contributed by atoms with E-state index in [4.69, 9.17) is 21.7 Å². The minimum absolute atomic E-state index is 0.147. The van der Waals surface area contributed by atoms with Crippen molar-refractivity contribution >= 4 is 23.0 Å². The molecule has 8 heteroatoms. The predicted molar refractivity (Wildman–Crippen MR) is 145 cm³/mol. The van der Waals surface area contributed by atoms with E-state index in [0.29, 0.717) is 5.11 Å². The second kappa shape index (κ2) is 9.99. The number of aryl methyl sites for hydroxylation is 1. The molecular formula is C28H29N5O2S. The average molecular weight is 500 g/mol. The van der Waals surface area contributed by atoms with Gasteiger partial charge in [-0.15, -0.1) is 0 Å². The molecule has 1 fully saturated rings. The second-order valence-electron chi connectivity index (χ2n) is 8.80. The number of methoxy groups -OCH3 is 2. The number of nitrogens with one attached hydrogen (secondary N) is 1. The van der Waals surface area contributed by atoms with Crippen LogP contribution in [0.5, 0.6) is 11.5 Å². The minimum Gasteiger partial charge on any atom is -0.497 e. The minimum atomic E-state index is -0.149. The van der Waals surface area contributed by atoms with Crippen LogP contribution in [-0.2, 0) is 6.54 Å². The molecular weight excluding hydrogens is 470 g/mol. The first-order chi connectivity index (χ1) is 17.5. The molecule has 4 heterocycles. The van der Waals surface area contributed by atoms with Crippen molar-refractivity contribution in [1.82, 2.24) is 19.9 Å². The smallest absolute Gasteiger partial charge is 0.174 e. The molecule has 2 atom stereocenters. The van der Waals surface area contributed by atoms with E-state index >= 15 is 0 Å². The lowest BCUT2D eigenvalue weighted by Gasteiger charge is -2.29. The Bertz CT molecular complexity index is 1370. The number of benzene rings is 1. The normalized spacial score (nSPS) is 17.2. The molecule has 0 aliphatic carbocycles. The third-order valence-electron chi connectivity index (χ3n) is 6.77. The van der Waals surface area contributed by atoms with Crippen molar-refractivity contribution in [3.05, 3.63) is 101 Å². The molecule has 0 bridgehead atoms. The van der Waals surface area contributed by atoms with Crippen molar-refractivity contribution in [3.63, 3.8) is 0 Å². The van der Waals surface area contributed by atoms with E-state index in [1.54, 1.807) is 14.2 Å². The molecule has 0 amide bonds. The molecule has 1 saturated heterocycles. The van der Waals surface area contributed by atoms with Gasteiger partial charge in [0.15, 0.2) is 5.11 Å². The molecule has 184 valence electrons. The number of thiocarbonyl (C=S) groups is 1. The number of rotatable bonds is 7. The molecule has 36 heavy (non-hydrogen) atoms. The highest BCUT2D eigenvalue weighted by molar-refractivity contribution is 7.80. The monoisotopic (exact) mass is 499 g/mol. The van der Waals surface area contributed by atoms with Crippen LogP contribution in [0.4, 0.5) is 5.69 Å². The summed E-state index contributed by atoms with van der Waals surface area (Å²) in [5.74, 6) is 1.45. The van der Waals surface area contributed by atoms with Crippen LogP contribution in [0.15, 0.2) is 73.2 Å². The Labute approximate surface area is 216 Å². The van der Waals surface area contributed by atoms with E-state index in [-0.39, 0.29) is 12.1 Å². The predicted octanol–water partition coefficient (Wildman–Crippen LogP) is 5.14. The van der Waals surface area contributed by atoms with Crippen LogP contribution in [0.2, 0.25) is 0 Å². The van der Waals surface area contributed by atoms with Crippen molar-refractivity contribution < 1.29 is 9.47 Å². The average Bonchev–Trinajstić information content (AvgIpc) is 3.40. The number of hydrogen-bond donors (Lipinski definition) is 1. The molecule has 0 saturated carbocycles. The van der Waals surface area contributed by atoms with Crippen molar-refractivity contribution in [2.75, 3.05) is 19.1 Å². The van der Waals surface area contributed by atoms with Crippen molar-refractivity contribution in [3.8, 4) is 11.5 Å². The van der Waals surface area contributed by atoms with Crippen LogP contribution in [0.1, 0.15) is 40.3 Å². The molecule has 0 unspecified atom stereocenters. The second-order valence-corrected chi connectivity index (χ2v) is 9.19. The number of ether oxygens (including phenoxy) is 2. The Kier molecular flexibility index (Phi) is 6.61. The Morgan fingerprint density at radius 3 is 2.47 bits per heavy atom. The summed E-state index contributed by atoms with van der Waals surface area (Å²) in [4.78, 5) is 11.0. The van der Waals surface area contributed by atoms with Gasteiger partial charge >= 0.3 is 0 Å². The van der Waals surface area contributed by atoms with E-state index in [2.05, 4.69) is 56.8 Å². The van der Waals surface area contributed by atoms with Crippen LogP contribution in [0.25, 0.3) is 0 Å². The van der Waals surface area contributed by atoms with Crippen LogP contribution in [0, 0.1) is 13.8 Å². The van der Waals surface area contributed by atoms with E-state index in [0.717, 1.165) is 29.4 Å². The van der Waals surface area contributed by atoms with Crippen LogP contribution < -0.4 is 19.7 Å². The van der Waals surface area contributed by atoms with E-state index in [1.165, 1.54) is 22.5 Å². The lowest BCUT2D eigenvalue weighted by molar-refractivity contribution is 0.403. The first-order valence-electron chi connectivity index (χ1n) is 11.8. The zero-order valence-electron chi connectivity index (χ0n) is 20.8. The summed E-state index contributed by atoms with van der Waals surface area (Å²) in [5.41, 5.74) is 6.49. The number of aromatic nitrogens is 3. The summed E-state index contributed by atoms with van der Waals surface area (Å²) in [7, 11) is 3.33. The van der Waals surface area contributed by atoms with Gasteiger partial charge in [-0.05, 0) is 79.7 Å². The first-order valence-corrected chi connectivity index (χ1v) is 12.2. The van der Waals surface area contributed by atoms with Crippen molar-refractivity contribution in [2.24, 2.45) is 0 Å². The number of nitrogens with zero attached hydrogens (tertiary/aromatic N) is 4. The quantitative estimate of drug-likeness (QED) is 0.353. The molecule has 7 nitrogen and oxygen atoms in total. The maximum absolute atomic E-state index is 5.93. The van der Waals surface area contributed by atoms with Gasteiger partial charge in [0.25, 0.3) is 0 Å². The summed E-state index contributed by atoms with van der Waals surface area (Å²) in [6.07, 6.45) is 5.48. The topological polar surface area (TPSA) is 64.4 Å². The Hall–Kier alpha value is -3.91. The maximum Gasteiger partial charge on any atom is 0.174 e. The SMILES string of the molecule is COc1ccc(OC)c(N2C(=S)N[C@@H](c3ccccn3)[C@@H]2c2cc(C)n(Cc3ccncc3)c2C)c1. The zero-order valence-corrected chi connectivity index (χ0v) is 21.6. The van der Waals surface area contributed by atoms with Gasteiger partial charge in [0.05, 0.1) is 37.7 Å². The fourth-order valence-corrected chi connectivity index (χ4v) is 5.30. The van der Waals surface area contributed by atoms with Gasteiger partial charge in [0.1, 0.15) is 11.5 Å². The van der Waals surface area contributed by atoms with Crippen molar-refractivity contribution in [1.29, 1.82) is 0 Å². The highest BCUT2D eigenvalue weighted by Crippen LogP contribution is 2.46. The maximum atomic E-state index is 5.93. The first kappa shape index (κ1) is 23.8. The lowest BCUT2D eigenvalue weighted by atomic mass is 9.96. The highest BCUT2D eigenvalue weighted by atomic mass is 32.1. The van der Waals surface area contributed by atoms with E-state index in [1.807, 2.05) is 55.0 Å². The third kappa shape index (κ3) is 4.28. The molecule has 5 rings (SSSR count). The Morgan fingerprint density at radius 1 is 0.972 bits per heavy atom. The Balaban J connectivity index is 1.66. The molecule has 1 aliphatic rings. The van der Waals surface area contributed by atoms with Gasteiger partial charge < -0.3 is 24.3 Å². The van der Waals surface area contributed by atoms with Gasteiger partial charge in [0, 0.05) is 42.6 Å². The number of hydrogen-bond acceptors (Lipinski definition) is 5. The van der Waals surface area contributed by atoms with Crippen LogP contribution in [-0.4, -0.2) is 33.9 Å². The zero-order chi connectivity index (χ0) is 25.2. The van der Waals surface area contributed by atoms with E-state index in [9.17, 15) is 0 Å². The standard InChI is InChI=1S/C28H29N5O2S/c1-18-15-22(19(2)32(18)17-20-10-13-29-14-11-20)27-26(23-7-5-6-12-30-23)31-28(36)33(27)24-16-21(34-3)8-9-25(24)35-4/h5-16,26-27H,17H2,1-4H3,(H,31,36)/t26-,27-/m0/s1. The van der Waals surface area contributed by atoms with E-state index < -0.39 is 0 Å². The van der Waals surface area contributed by atoms with Crippen LogP contribution >= 0.6 is 12.2 Å². The summed E-state index contributed by atoms with van der Waals surface area (Å²) in [5, 5.41) is 4.15. The summed E-state index contributed by atoms with van der Waals surface area (Å²) in [6.45, 7) is 5.08. The summed E-state index contributed by atoms with van der Waals surface area (Å²) < 4.78 is 13.6. The van der Waals surface area contributed by atoms with Crippen LogP contribution in [0.3, 0.4) is 0 Å². The summed E-state index contributed by atoms with van der Waals surface area (Å²) in [6, 6.07) is 17.8. The molecule has 0 spiro atoms.